The Labute approximate surface area is 210 Å². The predicted molar refractivity (Wildman–Crippen MR) is 134 cm³/mol. The van der Waals surface area contributed by atoms with Crippen LogP contribution in [-0.4, -0.2) is 24.5 Å². The molecule has 0 aliphatic carbocycles. The number of rotatable bonds is 7. The Hall–Kier alpha value is -2.82. The van der Waals surface area contributed by atoms with Gasteiger partial charge in [-0.1, -0.05) is 94.7 Å². The van der Waals surface area contributed by atoms with E-state index in [1.165, 1.54) is 18.2 Å². The highest BCUT2D eigenvalue weighted by atomic mass is 35.5. The SMILES string of the molecule is Cc1ccc(C(NS(=O)(=O)c2nnc(NC(=O)c3ccc(Cl)cc3Cl)s2)c2ccccc2)cc1. The average molecular weight is 533 g/mol. The maximum Gasteiger partial charge on any atom is 0.270 e. The Morgan fingerprint density at radius 1 is 0.941 bits per heavy atom. The molecule has 0 saturated carbocycles. The molecule has 1 heterocycles. The highest BCUT2D eigenvalue weighted by Gasteiger charge is 2.27. The molecule has 1 aromatic heterocycles. The lowest BCUT2D eigenvalue weighted by molar-refractivity contribution is 0.102. The molecule has 0 aliphatic rings. The predicted octanol–water partition coefficient (Wildman–Crippen LogP) is 5.47. The van der Waals surface area contributed by atoms with Crippen LogP contribution in [0.1, 0.15) is 33.1 Å². The van der Waals surface area contributed by atoms with E-state index in [4.69, 9.17) is 23.2 Å². The van der Waals surface area contributed by atoms with Crippen LogP contribution in [0.15, 0.2) is 77.1 Å². The first kappa shape index (κ1) is 24.3. The molecule has 174 valence electrons. The van der Waals surface area contributed by atoms with Crippen LogP contribution in [0.25, 0.3) is 0 Å². The highest BCUT2D eigenvalue weighted by Crippen LogP contribution is 2.28. The third-order valence-corrected chi connectivity index (χ3v) is 8.03. The van der Waals surface area contributed by atoms with Gasteiger partial charge in [-0.2, -0.15) is 4.72 Å². The fourth-order valence-electron chi connectivity index (χ4n) is 3.15. The molecule has 7 nitrogen and oxygen atoms in total. The number of aromatic nitrogens is 2. The molecule has 0 spiro atoms. The Kier molecular flexibility index (Phi) is 7.30. The van der Waals surface area contributed by atoms with Crippen molar-refractivity contribution in [1.82, 2.24) is 14.9 Å². The zero-order valence-corrected chi connectivity index (χ0v) is 20.8. The summed E-state index contributed by atoms with van der Waals surface area (Å²) >= 11 is 12.7. The Bertz CT molecular complexity index is 1430. The number of halogens is 2. The second-order valence-electron chi connectivity index (χ2n) is 7.33. The van der Waals surface area contributed by atoms with Crippen molar-refractivity contribution < 1.29 is 13.2 Å². The number of carbonyl (C=O) groups excluding carboxylic acids is 1. The zero-order chi connectivity index (χ0) is 24.3. The summed E-state index contributed by atoms with van der Waals surface area (Å²) in [6.45, 7) is 1.96. The van der Waals surface area contributed by atoms with Crippen molar-refractivity contribution in [2.75, 3.05) is 5.32 Å². The fraction of sp³-hybridized carbons (Fsp3) is 0.0870. The second-order valence-corrected chi connectivity index (χ2v) is 11.0. The number of nitrogens with zero attached hydrogens (tertiary/aromatic N) is 2. The van der Waals surface area contributed by atoms with Crippen LogP contribution >= 0.6 is 34.5 Å². The van der Waals surface area contributed by atoms with E-state index in [-0.39, 0.29) is 20.1 Å². The number of amides is 1. The third-order valence-electron chi connectivity index (χ3n) is 4.85. The first-order valence-electron chi connectivity index (χ1n) is 9.97. The summed E-state index contributed by atoms with van der Waals surface area (Å²) in [5, 5.41) is 10.7. The van der Waals surface area contributed by atoms with E-state index in [2.05, 4.69) is 20.2 Å². The van der Waals surface area contributed by atoms with Crippen molar-refractivity contribution in [1.29, 1.82) is 0 Å². The minimum atomic E-state index is -4.06. The van der Waals surface area contributed by atoms with E-state index in [0.29, 0.717) is 5.02 Å². The summed E-state index contributed by atoms with van der Waals surface area (Å²) in [6.07, 6.45) is 0. The number of benzene rings is 3. The number of carbonyl (C=O) groups is 1. The number of anilines is 1. The van der Waals surface area contributed by atoms with Gasteiger partial charge in [0.05, 0.1) is 16.6 Å². The Morgan fingerprint density at radius 3 is 2.29 bits per heavy atom. The smallest absolute Gasteiger partial charge is 0.270 e. The van der Waals surface area contributed by atoms with Gasteiger partial charge < -0.3 is 0 Å². The monoisotopic (exact) mass is 532 g/mol. The molecular formula is C23H18Cl2N4O3S2. The number of nitrogens with one attached hydrogen (secondary N) is 2. The lowest BCUT2D eigenvalue weighted by Crippen LogP contribution is -2.29. The number of hydrogen-bond donors (Lipinski definition) is 2. The maximum atomic E-state index is 13.2. The molecule has 1 amide bonds. The quantitative estimate of drug-likeness (QED) is 0.307. The topological polar surface area (TPSA) is 101 Å². The lowest BCUT2D eigenvalue weighted by atomic mass is 9.99. The summed E-state index contributed by atoms with van der Waals surface area (Å²) in [7, 11) is -4.06. The standard InChI is InChI=1S/C23H18Cl2N4O3S2/c1-14-7-9-16(10-8-14)20(15-5-3-2-4-6-15)29-34(31,32)23-28-27-22(33-23)26-21(30)18-12-11-17(24)13-19(18)25/h2-13,20,29H,1H3,(H,26,27,30). The van der Waals surface area contributed by atoms with Gasteiger partial charge >= 0.3 is 0 Å². The molecule has 0 bridgehead atoms. The number of hydrogen-bond acceptors (Lipinski definition) is 6. The van der Waals surface area contributed by atoms with Gasteiger partial charge in [-0.25, -0.2) is 8.42 Å². The normalized spacial score (nSPS) is 12.3. The molecule has 34 heavy (non-hydrogen) atoms. The minimum Gasteiger partial charge on any atom is -0.296 e. The molecular weight excluding hydrogens is 515 g/mol. The van der Waals surface area contributed by atoms with Gasteiger partial charge in [0.2, 0.25) is 9.47 Å². The second kappa shape index (κ2) is 10.2. The summed E-state index contributed by atoms with van der Waals surface area (Å²) in [5.41, 5.74) is 2.78. The maximum absolute atomic E-state index is 13.2. The molecule has 0 fully saturated rings. The van der Waals surface area contributed by atoms with Crippen LogP contribution in [0.2, 0.25) is 10.0 Å². The van der Waals surface area contributed by atoms with Gasteiger partial charge in [0.1, 0.15) is 0 Å². The van der Waals surface area contributed by atoms with E-state index in [1.807, 2.05) is 61.5 Å². The number of aryl methyl sites for hydroxylation is 1. The summed E-state index contributed by atoms with van der Waals surface area (Å²) < 4.78 is 28.8. The molecule has 1 unspecified atom stereocenters. The minimum absolute atomic E-state index is 0.0167. The lowest BCUT2D eigenvalue weighted by Gasteiger charge is -2.19. The molecule has 2 N–H and O–H groups in total. The van der Waals surface area contributed by atoms with Crippen LogP contribution in [0.3, 0.4) is 0 Å². The zero-order valence-electron chi connectivity index (χ0n) is 17.7. The van der Waals surface area contributed by atoms with Crippen molar-refractivity contribution in [2.24, 2.45) is 0 Å². The van der Waals surface area contributed by atoms with Gasteiger partial charge in [-0.05, 0) is 36.2 Å². The Balaban J connectivity index is 1.57. The molecule has 3 aromatic carbocycles. The first-order valence-corrected chi connectivity index (χ1v) is 13.0. The van der Waals surface area contributed by atoms with E-state index in [0.717, 1.165) is 28.0 Å². The van der Waals surface area contributed by atoms with Crippen molar-refractivity contribution >= 4 is 55.6 Å². The largest absolute Gasteiger partial charge is 0.296 e. The van der Waals surface area contributed by atoms with Crippen LogP contribution in [-0.2, 0) is 10.0 Å². The Morgan fingerprint density at radius 2 is 1.62 bits per heavy atom. The third kappa shape index (κ3) is 5.63. The summed E-state index contributed by atoms with van der Waals surface area (Å²) in [4.78, 5) is 12.5. The number of sulfonamides is 1. The van der Waals surface area contributed by atoms with Gasteiger partial charge in [0.25, 0.3) is 15.9 Å². The average Bonchev–Trinajstić information content (AvgIpc) is 3.28. The van der Waals surface area contributed by atoms with Gasteiger partial charge in [0, 0.05) is 5.02 Å². The van der Waals surface area contributed by atoms with Crippen molar-refractivity contribution in [3.05, 3.63) is 105 Å². The summed E-state index contributed by atoms with van der Waals surface area (Å²) in [6, 6.07) is 20.6. The molecule has 4 rings (SSSR count). The van der Waals surface area contributed by atoms with Crippen LogP contribution in [0.5, 0.6) is 0 Å². The van der Waals surface area contributed by atoms with Gasteiger partial charge in [-0.15, -0.1) is 10.2 Å². The van der Waals surface area contributed by atoms with E-state index in [1.54, 1.807) is 0 Å². The van der Waals surface area contributed by atoms with E-state index < -0.39 is 22.0 Å². The van der Waals surface area contributed by atoms with Crippen LogP contribution in [0.4, 0.5) is 5.13 Å². The summed E-state index contributed by atoms with van der Waals surface area (Å²) in [5.74, 6) is -0.559. The van der Waals surface area contributed by atoms with Crippen molar-refractivity contribution in [2.45, 2.75) is 17.3 Å². The molecule has 0 radical (unpaired) electrons. The fourth-order valence-corrected chi connectivity index (χ4v) is 5.76. The van der Waals surface area contributed by atoms with Crippen molar-refractivity contribution in [3.63, 3.8) is 0 Å². The van der Waals surface area contributed by atoms with Crippen molar-refractivity contribution in [3.8, 4) is 0 Å². The molecule has 0 aliphatic heterocycles. The van der Waals surface area contributed by atoms with E-state index >= 15 is 0 Å². The van der Waals surface area contributed by atoms with Crippen LogP contribution < -0.4 is 10.0 Å². The van der Waals surface area contributed by atoms with E-state index in [9.17, 15) is 13.2 Å². The molecule has 11 heteroatoms. The first-order chi connectivity index (χ1) is 16.2. The van der Waals surface area contributed by atoms with Crippen LogP contribution in [0, 0.1) is 6.92 Å². The van der Waals surface area contributed by atoms with Gasteiger partial charge in [0.15, 0.2) is 0 Å². The highest BCUT2D eigenvalue weighted by molar-refractivity contribution is 7.91. The van der Waals surface area contributed by atoms with Gasteiger partial charge in [-0.3, -0.25) is 10.1 Å². The molecule has 0 saturated heterocycles. The molecule has 4 aromatic rings. The molecule has 1 atom stereocenters.